The second kappa shape index (κ2) is 6.41. The second-order valence-electron chi connectivity index (χ2n) is 4.40. The molecule has 0 saturated heterocycles. The molecule has 94 valence electrons. The van der Waals surface area contributed by atoms with Crippen LogP contribution in [-0.4, -0.2) is 11.0 Å². The molecule has 3 heteroatoms. The van der Waals surface area contributed by atoms with Gasteiger partial charge in [-0.2, -0.15) is 0 Å². The SMILES string of the molecule is CC(CCc1ccccc1)Nc1ncccc1Cl. The summed E-state index contributed by atoms with van der Waals surface area (Å²) in [6, 6.07) is 14.5. The summed E-state index contributed by atoms with van der Waals surface area (Å²) in [7, 11) is 0. The highest BCUT2D eigenvalue weighted by Crippen LogP contribution is 2.19. The van der Waals surface area contributed by atoms with Crippen molar-refractivity contribution in [3.63, 3.8) is 0 Å². The van der Waals surface area contributed by atoms with E-state index < -0.39 is 0 Å². The summed E-state index contributed by atoms with van der Waals surface area (Å²) in [6.07, 6.45) is 3.86. The fourth-order valence-corrected chi connectivity index (χ4v) is 2.00. The van der Waals surface area contributed by atoms with Crippen LogP contribution in [0.1, 0.15) is 18.9 Å². The minimum Gasteiger partial charge on any atom is -0.366 e. The molecule has 0 aliphatic carbocycles. The monoisotopic (exact) mass is 260 g/mol. The van der Waals surface area contributed by atoms with Crippen LogP contribution < -0.4 is 5.32 Å². The van der Waals surface area contributed by atoms with Gasteiger partial charge in [0.2, 0.25) is 0 Å². The molecule has 0 radical (unpaired) electrons. The molecule has 0 aliphatic rings. The van der Waals surface area contributed by atoms with Gasteiger partial charge in [0.15, 0.2) is 0 Å². The van der Waals surface area contributed by atoms with Gasteiger partial charge >= 0.3 is 0 Å². The van der Waals surface area contributed by atoms with Crippen molar-refractivity contribution in [2.45, 2.75) is 25.8 Å². The predicted molar refractivity (Wildman–Crippen MR) is 77.1 cm³/mol. The van der Waals surface area contributed by atoms with Gasteiger partial charge in [0.05, 0.1) is 5.02 Å². The van der Waals surface area contributed by atoms with E-state index >= 15 is 0 Å². The van der Waals surface area contributed by atoms with Gasteiger partial charge in [0, 0.05) is 12.2 Å². The molecule has 18 heavy (non-hydrogen) atoms. The average Bonchev–Trinajstić information content (AvgIpc) is 2.40. The summed E-state index contributed by atoms with van der Waals surface area (Å²) in [6.45, 7) is 2.15. The number of pyridine rings is 1. The lowest BCUT2D eigenvalue weighted by Crippen LogP contribution is -2.17. The van der Waals surface area contributed by atoms with E-state index in [0.29, 0.717) is 11.1 Å². The van der Waals surface area contributed by atoms with E-state index in [1.165, 1.54) is 5.56 Å². The van der Waals surface area contributed by atoms with Crippen molar-refractivity contribution in [2.24, 2.45) is 0 Å². The predicted octanol–water partition coefficient (Wildman–Crippen LogP) is 4.17. The summed E-state index contributed by atoms with van der Waals surface area (Å²) in [5.74, 6) is 0.764. The van der Waals surface area contributed by atoms with Crippen LogP contribution in [0.2, 0.25) is 5.02 Å². The quantitative estimate of drug-likeness (QED) is 0.873. The summed E-state index contributed by atoms with van der Waals surface area (Å²) in [5, 5.41) is 4.01. The first-order valence-corrected chi connectivity index (χ1v) is 6.54. The number of halogens is 1. The fraction of sp³-hybridized carbons (Fsp3) is 0.267. The smallest absolute Gasteiger partial charge is 0.144 e. The number of hydrogen-bond donors (Lipinski definition) is 1. The average molecular weight is 261 g/mol. The van der Waals surface area contributed by atoms with Gasteiger partial charge in [-0.1, -0.05) is 41.9 Å². The summed E-state index contributed by atoms with van der Waals surface area (Å²) >= 11 is 6.06. The minimum atomic E-state index is 0.345. The second-order valence-corrected chi connectivity index (χ2v) is 4.81. The molecule has 2 aromatic rings. The number of anilines is 1. The van der Waals surface area contributed by atoms with Crippen LogP contribution in [0, 0.1) is 0 Å². The maximum absolute atomic E-state index is 6.06. The Morgan fingerprint density at radius 2 is 1.94 bits per heavy atom. The molecular weight excluding hydrogens is 244 g/mol. The summed E-state index contributed by atoms with van der Waals surface area (Å²) < 4.78 is 0. The van der Waals surface area contributed by atoms with Crippen LogP contribution in [0.5, 0.6) is 0 Å². The van der Waals surface area contributed by atoms with Crippen molar-refractivity contribution < 1.29 is 0 Å². The highest BCUT2D eigenvalue weighted by molar-refractivity contribution is 6.32. The molecule has 1 unspecified atom stereocenters. The Balaban J connectivity index is 1.86. The van der Waals surface area contributed by atoms with Crippen molar-refractivity contribution >= 4 is 17.4 Å². The van der Waals surface area contributed by atoms with Crippen molar-refractivity contribution in [2.75, 3.05) is 5.32 Å². The number of aryl methyl sites for hydroxylation is 1. The van der Waals surface area contributed by atoms with Crippen LogP contribution in [0.15, 0.2) is 48.7 Å². The van der Waals surface area contributed by atoms with Gasteiger partial charge in [-0.05, 0) is 37.5 Å². The normalized spacial score (nSPS) is 12.1. The number of nitrogens with one attached hydrogen (secondary N) is 1. The molecule has 0 bridgehead atoms. The lowest BCUT2D eigenvalue weighted by molar-refractivity contribution is 0.703. The molecule has 1 aromatic heterocycles. The van der Waals surface area contributed by atoms with E-state index in [-0.39, 0.29) is 0 Å². The fourth-order valence-electron chi connectivity index (χ4n) is 1.83. The van der Waals surface area contributed by atoms with E-state index in [4.69, 9.17) is 11.6 Å². The zero-order valence-corrected chi connectivity index (χ0v) is 11.2. The molecule has 0 spiro atoms. The highest BCUT2D eigenvalue weighted by Gasteiger charge is 2.06. The lowest BCUT2D eigenvalue weighted by Gasteiger charge is -2.15. The Morgan fingerprint density at radius 1 is 1.17 bits per heavy atom. The third-order valence-corrected chi connectivity index (χ3v) is 3.16. The Kier molecular flexibility index (Phi) is 4.59. The topological polar surface area (TPSA) is 24.9 Å². The number of aromatic nitrogens is 1. The van der Waals surface area contributed by atoms with E-state index in [0.717, 1.165) is 18.7 Å². The first-order valence-electron chi connectivity index (χ1n) is 6.16. The molecule has 1 aromatic carbocycles. The maximum atomic E-state index is 6.06. The van der Waals surface area contributed by atoms with Crippen molar-refractivity contribution in [3.05, 3.63) is 59.2 Å². The van der Waals surface area contributed by atoms with E-state index in [1.807, 2.05) is 18.2 Å². The third kappa shape index (κ3) is 3.74. The van der Waals surface area contributed by atoms with Crippen LogP contribution in [-0.2, 0) is 6.42 Å². The number of hydrogen-bond acceptors (Lipinski definition) is 2. The standard InChI is InChI=1S/C15H17ClN2/c1-12(9-10-13-6-3-2-4-7-13)18-15-14(16)8-5-11-17-15/h2-8,11-12H,9-10H2,1H3,(H,17,18). The molecule has 0 aliphatic heterocycles. The maximum Gasteiger partial charge on any atom is 0.144 e. The minimum absolute atomic E-state index is 0.345. The molecule has 1 heterocycles. The first-order chi connectivity index (χ1) is 8.75. The van der Waals surface area contributed by atoms with Gasteiger partial charge < -0.3 is 5.32 Å². The van der Waals surface area contributed by atoms with Gasteiger partial charge in [-0.3, -0.25) is 0 Å². The summed E-state index contributed by atoms with van der Waals surface area (Å²) in [5.41, 5.74) is 1.36. The Bertz CT molecular complexity index is 485. The van der Waals surface area contributed by atoms with E-state index in [1.54, 1.807) is 6.20 Å². The zero-order valence-electron chi connectivity index (χ0n) is 10.4. The van der Waals surface area contributed by atoms with Gasteiger partial charge in [0.25, 0.3) is 0 Å². The van der Waals surface area contributed by atoms with Gasteiger partial charge in [-0.15, -0.1) is 0 Å². The molecule has 2 rings (SSSR count). The van der Waals surface area contributed by atoms with E-state index in [2.05, 4.69) is 41.5 Å². The number of nitrogens with zero attached hydrogens (tertiary/aromatic N) is 1. The molecule has 0 amide bonds. The first kappa shape index (κ1) is 12.9. The third-order valence-electron chi connectivity index (χ3n) is 2.85. The molecule has 0 saturated carbocycles. The van der Waals surface area contributed by atoms with Crippen molar-refractivity contribution in [1.82, 2.24) is 4.98 Å². The molecule has 0 fully saturated rings. The van der Waals surface area contributed by atoms with Crippen LogP contribution in [0.4, 0.5) is 5.82 Å². The molecule has 1 atom stereocenters. The Morgan fingerprint density at radius 3 is 2.67 bits per heavy atom. The van der Waals surface area contributed by atoms with Gasteiger partial charge in [-0.25, -0.2) is 4.98 Å². The zero-order chi connectivity index (χ0) is 12.8. The largest absolute Gasteiger partial charge is 0.366 e. The van der Waals surface area contributed by atoms with Gasteiger partial charge in [0.1, 0.15) is 5.82 Å². The Hall–Kier alpha value is -1.54. The van der Waals surface area contributed by atoms with Crippen LogP contribution >= 0.6 is 11.6 Å². The summed E-state index contributed by atoms with van der Waals surface area (Å²) in [4.78, 5) is 4.23. The molecule has 2 nitrogen and oxygen atoms in total. The van der Waals surface area contributed by atoms with Crippen LogP contribution in [0.3, 0.4) is 0 Å². The number of rotatable bonds is 5. The van der Waals surface area contributed by atoms with Crippen molar-refractivity contribution in [1.29, 1.82) is 0 Å². The van der Waals surface area contributed by atoms with Crippen molar-refractivity contribution in [3.8, 4) is 0 Å². The van der Waals surface area contributed by atoms with Crippen LogP contribution in [0.25, 0.3) is 0 Å². The molecular formula is C15H17ClN2. The molecule has 1 N–H and O–H groups in total. The highest BCUT2D eigenvalue weighted by atomic mass is 35.5. The lowest BCUT2D eigenvalue weighted by atomic mass is 10.1. The number of benzene rings is 1. The van der Waals surface area contributed by atoms with E-state index in [9.17, 15) is 0 Å². The Labute approximate surface area is 113 Å².